The van der Waals surface area contributed by atoms with Crippen molar-refractivity contribution in [2.45, 2.75) is 11.8 Å². The van der Waals surface area contributed by atoms with Crippen molar-refractivity contribution < 1.29 is 14.2 Å². The van der Waals surface area contributed by atoms with Crippen molar-refractivity contribution in [2.24, 2.45) is 0 Å². The summed E-state index contributed by atoms with van der Waals surface area (Å²) in [6, 6.07) is 13.5. The first kappa shape index (κ1) is 15.5. The van der Waals surface area contributed by atoms with Gasteiger partial charge in [-0.25, -0.2) is 0 Å². The number of hydrogen-bond donors (Lipinski definition) is 0. The molecular formula is C17H19ClO3. The van der Waals surface area contributed by atoms with Gasteiger partial charge in [0.25, 0.3) is 0 Å². The molecule has 0 aromatic heterocycles. The van der Waals surface area contributed by atoms with Gasteiger partial charge in [0.2, 0.25) is 0 Å². The van der Waals surface area contributed by atoms with Crippen LogP contribution in [0.15, 0.2) is 42.5 Å². The zero-order valence-electron chi connectivity index (χ0n) is 12.4. The van der Waals surface area contributed by atoms with Gasteiger partial charge in [-0.15, -0.1) is 11.6 Å². The molecule has 0 spiro atoms. The first-order chi connectivity index (χ1) is 10.2. The Bertz CT molecular complexity index is 598. The van der Waals surface area contributed by atoms with Crippen LogP contribution in [0.25, 0.3) is 0 Å². The van der Waals surface area contributed by atoms with E-state index in [0.29, 0.717) is 6.42 Å². The minimum atomic E-state index is -0.230. The van der Waals surface area contributed by atoms with Gasteiger partial charge in [0, 0.05) is 5.56 Å². The summed E-state index contributed by atoms with van der Waals surface area (Å²) in [5.74, 6) is 2.35. The van der Waals surface area contributed by atoms with E-state index in [9.17, 15) is 0 Å². The Labute approximate surface area is 130 Å². The highest BCUT2D eigenvalue weighted by Crippen LogP contribution is 2.36. The molecule has 112 valence electrons. The van der Waals surface area contributed by atoms with Crippen molar-refractivity contribution in [3.8, 4) is 17.2 Å². The minimum Gasteiger partial charge on any atom is -0.497 e. The van der Waals surface area contributed by atoms with Crippen LogP contribution in [-0.2, 0) is 6.42 Å². The molecule has 2 rings (SSSR count). The lowest BCUT2D eigenvalue weighted by atomic mass is 10.0. The second kappa shape index (κ2) is 7.23. The van der Waals surface area contributed by atoms with Gasteiger partial charge in [-0.1, -0.05) is 18.2 Å². The van der Waals surface area contributed by atoms with Crippen LogP contribution < -0.4 is 14.2 Å². The molecule has 0 aliphatic carbocycles. The molecule has 1 unspecified atom stereocenters. The molecule has 0 fully saturated rings. The van der Waals surface area contributed by atoms with Crippen LogP contribution in [0.4, 0.5) is 0 Å². The maximum atomic E-state index is 6.59. The van der Waals surface area contributed by atoms with E-state index in [-0.39, 0.29) is 5.38 Å². The summed E-state index contributed by atoms with van der Waals surface area (Å²) in [6.07, 6.45) is 0.648. The van der Waals surface area contributed by atoms with Crippen LogP contribution in [0.3, 0.4) is 0 Å². The van der Waals surface area contributed by atoms with E-state index >= 15 is 0 Å². The third-order valence-corrected chi connectivity index (χ3v) is 3.76. The van der Waals surface area contributed by atoms with Crippen LogP contribution in [0.2, 0.25) is 0 Å². The molecule has 1 atom stereocenters. The Morgan fingerprint density at radius 2 is 1.62 bits per heavy atom. The van der Waals surface area contributed by atoms with Crippen LogP contribution in [0, 0.1) is 0 Å². The number of rotatable bonds is 6. The molecule has 0 aliphatic rings. The molecule has 0 bridgehead atoms. The van der Waals surface area contributed by atoms with Gasteiger partial charge in [-0.05, 0) is 36.2 Å². The van der Waals surface area contributed by atoms with E-state index in [4.69, 9.17) is 25.8 Å². The van der Waals surface area contributed by atoms with Crippen molar-refractivity contribution in [3.63, 3.8) is 0 Å². The van der Waals surface area contributed by atoms with Crippen molar-refractivity contribution >= 4 is 11.6 Å². The summed E-state index contributed by atoms with van der Waals surface area (Å²) >= 11 is 6.59. The SMILES string of the molecule is COc1ccc(OC)c(C(Cl)Cc2ccccc2OC)c1. The van der Waals surface area contributed by atoms with Crippen molar-refractivity contribution in [1.82, 2.24) is 0 Å². The molecule has 0 saturated heterocycles. The average Bonchev–Trinajstić information content (AvgIpc) is 2.54. The fourth-order valence-electron chi connectivity index (χ4n) is 2.26. The number of para-hydroxylation sites is 1. The highest BCUT2D eigenvalue weighted by atomic mass is 35.5. The molecule has 4 heteroatoms. The second-order valence-electron chi connectivity index (χ2n) is 4.59. The van der Waals surface area contributed by atoms with Crippen LogP contribution in [0.5, 0.6) is 17.2 Å². The fraction of sp³-hybridized carbons (Fsp3) is 0.294. The Morgan fingerprint density at radius 1 is 0.905 bits per heavy atom. The Kier molecular flexibility index (Phi) is 5.34. The minimum absolute atomic E-state index is 0.230. The normalized spacial score (nSPS) is 11.8. The molecule has 0 saturated carbocycles. The zero-order chi connectivity index (χ0) is 15.2. The third kappa shape index (κ3) is 3.61. The van der Waals surface area contributed by atoms with Crippen LogP contribution >= 0.6 is 11.6 Å². The lowest BCUT2D eigenvalue weighted by molar-refractivity contribution is 0.397. The number of halogens is 1. The molecule has 2 aromatic carbocycles. The van der Waals surface area contributed by atoms with Gasteiger partial charge < -0.3 is 14.2 Å². The Hall–Kier alpha value is -1.87. The number of hydrogen-bond acceptors (Lipinski definition) is 3. The van der Waals surface area contributed by atoms with E-state index in [1.807, 2.05) is 42.5 Å². The summed E-state index contributed by atoms with van der Waals surface area (Å²) in [5, 5.41) is -0.230. The number of ether oxygens (including phenoxy) is 3. The zero-order valence-corrected chi connectivity index (χ0v) is 13.2. The number of methoxy groups -OCH3 is 3. The van der Waals surface area contributed by atoms with Crippen molar-refractivity contribution in [3.05, 3.63) is 53.6 Å². The van der Waals surface area contributed by atoms with Gasteiger partial charge >= 0.3 is 0 Å². The maximum absolute atomic E-state index is 6.59. The van der Waals surface area contributed by atoms with Crippen LogP contribution in [-0.4, -0.2) is 21.3 Å². The standard InChI is InChI=1S/C17H19ClO3/c1-19-13-8-9-17(21-3)14(11-13)15(18)10-12-6-4-5-7-16(12)20-2/h4-9,11,15H,10H2,1-3H3. The summed E-state index contributed by atoms with van der Waals surface area (Å²) in [5.41, 5.74) is 1.97. The summed E-state index contributed by atoms with van der Waals surface area (Å²) in [4.78, 5) is 0. The van der Waals surface area contributed by atoms with E-state index in [0.717, 1.165) is 28.4 Å². The van der Waals surface area contributed by atoms with Gasteiger partial charge in [-0.2, -0.15) is 0 Å². The van der Waals surface area contributed by atoms with E-state index < -0.39 is 0 Å². The lowest BCUT2D eigenvalue weighted by Gasteiger charge is -2.16. The fourth-order valence-corrected chi connectivity index (χ4v) is 2.60. The van der Waals surface area contributed by atoms with E-state index in [1.165, 1.54) is 0 Å². The second-order valence-corrected chi connectivity index (χ2v) is 5.12. The predicted octanol–water partition coefficient (Wildman–Crippen LogP) is 4.24. The Morgan fingerprint density at radius 3 is 2.29 bits per heavy atom. The van der Waals surface area contributed by atoms with Gasteiger partial charge in [-0.3, -0.25) is 0 Å². The lowest BCUT2D eigenvalue weighted by Crippen LogP contribution is -2.01. The number of benzene rings is 2. The maximum Gasteiger partial charge on any atom is 0.123 e. The van der Waals surface area contributed by atoms with Crippen LogP contribution in [0.1, 0.15) is 16.5 Å². The van der Waals surface area contributed by atoms with Gasteiger partial charge in [0.15, 0.2) is 0 Å². The first-order valence-corrected chi connectivity index (χ1v) is 7.11. The molecule has 0 radical (unpaired) electrons. The Balaban J connectivity index is 2.29. The van der Waals surface area contributed by atoms with Gasteiger partial charge in [0.1, 0.15) is 17.2 Å². The molecular weight excluding hydrogens is 288 g/mol. The molecule has 2 aromatic rings. The summed E-state index contributed by atoms with van der Waals surface area (Å²) in [7, 11) is 4.93. The quantitative estimate of drug-likeness (QED) is 0.747. The summed E-state index contributed by atoms with van der Waals surface area (Å²) in [6.45, 7) is 0. The topological polar surface area (TPSA) is 27.7 Å². The highest BCUT2D eigenvalue weighted by Gasteiger charge is 2.17. The van der Waals surface area contributed by atoms with Crippen molar-refractivity contribution in [1.29, 1.82) is 0 Å². The molecule has 0 heterocycles. The van der Waals surface area contributed by atoms with E-state index in [2.05, 4.69) is 0 Å². The largest absolute Gasteiger partial charge is 0.497 e. The molecule has 0 N–H and O–H groups in total. The molecule has 3 nitrogen and oxygen atoms in total. The van der Waals surface area contributed by atoms with Crippen molar-refractivity contribution in [2.75, 3.05) is 21.3 Å². The summed E-state index contributed by atoms with van der Waals surface area (Å²) < 4.78 is 16.0. The third-order valence-electron chi connectivity index (χ3n) is 3.37. The number of alkyl halides is 1. The smallest absolute Gasteiger partial charge is 0.123 e. The molecule has 0 aliphatic heterocycles. The highest BCUT2D eigenvalue weighted by molar-refractivity contribution is 6.21. The van der Waals surface area contributed by atoms with E-state index in [1.54, 1.807) is 21.3 Å². The molecule has 21 heavy (non-hydrogen) atoms. The molecule has 0 amide bonds. The monoisotopic (exact) mass is 306 g/mol. The predicted molar refractivity (Wildman–Crippen MR) is 84.8 cm³/mol. The first-order valence-electron chi connectivity index (χ1n) is 6.67. The van der Waals surface area contributed by atoms with Gasteiger partial charge in [0.05, 0.1) is 26.7 Å². The average molecular weight is 307 g/mol.